The van der Waals surface area contributed by atoms with Gasteiger partial charge in [-0.15, -0.1) is 5.10 Å². The Balaban J connectivity index is 1.65. The van der Waals surface area contributed by atoms with E-state index in [1.54, 1.807) is 11.1 Å². The maximum atomic E-state index is 13.3. The molecule has 6 heteroatoms. The topological polar surface area (TPSA) is 70.2 Å². The summed E-state index contributed by atoms with van der Waals surface area (Å²) in [5, 5.41) is 15.0. The Morgan fingerprint density at radius 1 is 1.04 bits per heavy atom. The minimum Gasteiger partial charge on any atom is -0.317 e. The highest BCUT2D eigenvalue weighted by Crippen LogP contribution is 2.32. The highest BCUT2D eigenvalue weighted by molar-refractivity contribution is 6.01. The Hall–Kier alpha value is -2.31. The van der Waals surface area contributed by atoms with Gasteiger partial charge >= 0.3 is 0 Å². The average molecular weight is 365 g/mol. The average Bonchev–Trinajstić information content (AvgIpc) is 3.26. The van der Waals surface area contributed by atoms with Crippen LogP contribution in [0.3, 0.4) is 0 Å². The molecule has 0 aliphatic carbocycles. The largest absolute Gasteiger partial charge is 0.317 e. The lowest BCUT2D eigenvalue weighted by atomic mass is 9.90. The Kier molecular flexibility index (Phi) is 5.45. The number of piperidine rings is 1. The molecule has 27 heavy (non-hydrogen) atoms. The molecule has 0 spiro atoms. The van der Waals surface area contributed by atoms with Crippen molar-refractivity contribution in [1.29, 1.82) is 0 Å². The molecule has 4 rings (SSSR count). The van der Waals surface area contributed by atoms with E-state index in [2.05, 4.69) is 45.1 Å². The minimum atomic E-state index is -0.0181. The van der Waals surface area contributed by atoms with Gasteiger partial charge in [-0.2, -0.15) is 5.10 Å². The Bertz CT molecular complexity index is 779. The molecule has 2 saturated heterocycles. The molecule has 0 bridgehead atoms. The zero-order chi connectivity index (χ0) is 18.6. The summed E-state index contributed by atoms with van der Waals surface area (Å²) >= 11 is 0. The molecule has 2 aliphatic heterocycles. The summed E-state index contributed by atoms with van der Waals surface area (Å²) in [7, 11) is 0. The number of hydrogen-bond donors (Lipinski definition) is 2. The number of nitrogens with zero attached hydrogens (tertiary/aromatic N) is 3. The molecule has 142 valence electrons. The molecule has 0 saturated carbocycles. The summed E-state index contributed by atoms with van der Waals surface area (Å²) in [5.41, 5.74) is 3.17. The van der Waals surface area contributed by atoms with E-state index in [0.717, 1.165) is 43.9 Å². The number of hydrogen-bond acceptors (Lipinski definition) is 5. The maximum absolute atomic E-state index is 13.3. The molecule has 6 nitrogen and oxygen atoms in total. The van der Waals surface area contributed by atoms with E-state index in [9.17, 15) is 4.79 Å². The summed E-state index contributed by atoms with van der Waals surface area (Å²) in [6, 6.07) is 10.4. The van der Waals surface area contributed by atoms with Gasteiger partial charge < -0.3 is 10.6 Å². The van der Waals surface area contributed by atoms with E-state index in [1.165, 1.54) is 18.4 Å². The molecule has 1 amide bonds. The van der Waals surface area contributed by atoms with Gasteiger partial charge in [0.05, 0.1) is 17.8 Å². The highest BCUT2D eigenvalue weighted by atomic mass is 16.2. The summed E-state index contributed by atoms with van der Waals surface area (Å²) in [5.74, 6) is 1.31. The number of aryl methyl sites for hydroxylation is 1. The fraction of sp³-hybridized carbons (Fsp3) is 0.476. The standard InChI is InChI=1S/C21H27N5O/c1-15-6-13-24-25-20(15)26(21(27)18-9-12-23-14-18)19-4-2-16(3-5-19)17-7-10-22-11-8-17/h2-6,13,17-18,22-23H,7-12,14H2,1H3. The summed E-state index contributed by atoms with van der Waals surface area (Å²) in [4.78, 5) is 15.1. The van der Waals surface area contributed by atoms with Crippen LogP contribution in [0.5, 0.6) is 0 Å². The first-order chi connectivity index (χ1) is 13.2. The van der Waals surface area contributed by atoms with Crippen LogP contribution in [0, 0.1) is 12.8 Å². The summed E-state index contributed by atoms with van der Waals surface area (Å²) < 4.78 is 0. The van der Waals surface area contributed by atoms with Gasteiger partial charge in [-0.1, -0.05) is 12.1 Å². The Morgan fingerprint density at radius 2 is 1.78 bits per heavy atom. The quantitative estimate of drug-likeness (QED) is 0.871. The third kappa shape index (κ3) is 3.87. The molecule has 1 aromatic heterocycles. The maximum Gasteiger partial charge on any atom is 0.237 e. The molecule has 2 aromatic rings. The van der Waals surface area contributed by atoms with Crippen molar-refractivity contribution in [1.82, 2.24) is 20.8 Å². The van der Waals surface area contributed by atoms with E-state index in [1.807, 2.05) is 13.0 Å². The van der Waals surface area contributed by atoms with Crippen LogP contribution < -0.4 is 15.5 Å². The van der Waals surface area contributed by atoms with Crippen LogP contribution >= 0.6 is 0 Å². The lowest BCUT2D eigenvalue weighted by molar-refractivity contribution is -0.121. The molecule has 1 aromatic carbocycles. The normalized spacial score (nSPS) is 20.6. The van der Waals surface area contributed by atoms with Gasteiger partial charge in [-0.25, -0.2) is 0 Å². The summed E-state index contributed by atoms with van der Waals surface area (Å²) in [6.45, 7) is 5.73. The van der Waals surface area contributed by atoms with Gasteiger partial charge in [-0.3, -0.25) is 9.69 Å². The number of benzene rings is 1. The number of amides is 1. The van der Waals surface area contributed by atoms with Crippen molar-refractivity contribution < 1.29 is 4.79 Å². The second-order valence-corrected chi connectivity index (χ2v) is 7.52. The van der Waals surface area contributed by atoms with E-state index in [4.69, 9.17) is 0 Å². The molecule has 1 unspecified atom stereocenters. The molecule has 2 aliphatic rings. The van der Waals surface area contributed by atoms with E-state index in [0.29, 0.717) is 11.7 Å². The van der Waals surface area contributed by atoms with Crippen LogP contribution in [0.25, 0.3) is 0 Å². The second-order valence-electron chi connectivity index (χ2n) is 7.52. The van der Waals surface area contributed by atoms with Crippen LogP contribution in [0.1, 0.15) is 36.3 Å². The fourth-order valence-corrected chi connectivity index (χ4v) is 4.06. The third-order valence-electron chi connectivity index (χ3n) is 5.70. The van der Waals surface area contributed by atoms with Crippen molar-refractivity contribution >= 4 is 17.4 Å². The first kappa shape index (κ1) is 18.1. The van der Waals surface area contributed by atoms with Crippen molar-refractivity contribution in [2.45, 2.75) is 32.1 Å². The van der Waals surface area contributed by atoms with Gasteiger partial charge in [0.15, 0.2) is 5.82 Å². The van der Waals surface area contributed by atoms with Gasteiger partial charge in [-0.05, 0) is 81.1 Å². The van der Waals surface area contributed by atoms with Crippen LogP contribution in [0.4, 0.5) is 11.5 Å². The van der Waals surface area contributed by atoms with Crippen molar-refractivity contribution in [3.63, 3.8) is 0 Å². The SMILES string of the molecule is Cc1ccnnc1N(C(=O)C1CCNC1)c1ccc(C2CCNCC2)cc1. The van der Waals surface area contributed by atoms with Crippen LogP contribution in [0.2, 0.25) is 0 Å². The minimum absolute atomic E-state index is 0.0181. The monoisotopic (exact) mass is 365 g/mol. The zero-order valence-electron chi connectivity index (χ0n) is 15.8. The number of rotatable bonds is 4. The number of nitrogens with one attached hydrogen (secondary N) is 2. The van der Waals surface area contributed by atoms with Gasteiger partial charge in [0.2, 0.25) is 5.91 Å². The van der Waals surface area contributed by atoms with Crippen LogP contribution in [-0.2, 0) is 4.79 Å². The van der Waals surface area contributed by atoms with E-state index >= 15 is 0 Å². The highest BCUT2D eigenvalue weighted by Gasteiger charge is 2.31. The molecule has 2 N–H and O–H groups in total. The first-order valence-corrected chi connectivity index (χ1v) is 9.87. The molecule has 3 heterocycles. The van der Waals surface area contributed by atoms with Crippen molar-refractivity contribution in [2.24, 2.45) is 5.92 Å². The van der Waals surface area contributed by atoms with E-state index in [-0.39, 0.29) is 11.8 Å². The lowest BCUT2D eigenvalue weighted by Gasteiger charge is -2.27. The van der Waals surface area contributed by atoms with Crippen LogP contribution in [0.15, 0.2) is 36.5 Å². The molecular formula is C21H27N5O. The van der Waals surface area contributed by atoms with Crippen molar-refractivity contribution in [3.8, 4) is 0 Å². The molecule has 0 radical (unpaired) electrons. The van der Waals surface area contributed by atoms with Gasteiger partial charge in [0.25, 0.3) is 0 Å². The van der Waals surface area contributed by atoms with Crippen molar-refractivity contribution in [2.75, 3.05) is 31.1 Å². The summed E-state index contributed by atoms with van der Waals surface area (Å²) in [6.07, 6.45) is 4.86. The molecule has 2 fully saturated rings. The number of carbonyl (C=O) groups is 1. The number of carbonyl (C=O) groups excluding carboxylic acids is 1. The van der Waals surface area contributed by atoms with Crippen LogP contribution in [-0.4, -0.2) is 42.3 Å². The fourth-order valence-electron chi connectivity index (χ4n) is 4.06. The first-order valence-electron chi connectivity index (χ1n) is 9.87. The van der Waals surface area contributed by atoms with Crippen molar-refractivity contribution in [3.05, 3.63) is 47.7 Å². The molecular weight excluding hydrogens is 338 g/mol. The van der Waals surface area contributed by atoms with Gasteiger partial charge in [0.1, 0.15) is 0 Å². The van der Waals surface area contributed by atoms with Gasteiger partial charge in [0, 0.05) is 6.54 Å². The zero-order valence-corrected chi connectivity index (χ0v) is 15.8. The van der Waals surface area contributed by atoms with E-state index < -0.39 is 0 Å². The second kappa shape index (κ2) is 8.15. The Morgan fingerprint density at radius 3 is 2.44 bits per heavy atom. The predicted octanol–water partition coefficient (Wildman–Crippen LogP) is 2.53. The number of anilines is 2. The Labute approximate surface area is 160 Å². The lowest BCUT2D eigenvalue weighted by Crippen LogP contribution is -2.34. The number of aromatic nitrogens is 2. The third-order valence-corrected chi connectivity index (χ3v) is 5.70. The predicted molar refractivity (Wildman–Crippen MR) is 106 cm³/mol. The smallest absolute Gasteiger partial charge is 0.237 e. The molecule has 1 atom stereocenters.